The second-order valence-electron chi connectivity index (χ2n) is 27.5. The number of phenols is 1. The van der Waals surface area contributed by atoms with Crippen molar-refractivity contribution in [3.05, 3.63) is 176 Å². The Balaban J connectivity index is 0.000000187. The molecule has 8 aliphatic rings. The quantitative estimate of drug-likeness (QED) is 0.0261. The predicted molar refractivity (Wildman–Crippen MR) is 383 cm³/mol. The van der Waals surface area contributed by atoms with Crippen molar-refractivity contribution in [2.75, 3.05) is 82.1 Å². The Hall–Kier alpha value is -10.5. The molecule has 2 fully saturated rings. The highest BCUT2D eigenvalue weighted by atomic mass is 16.7. The number of amides is 2. The van der Waals surface area contributed by atoms with Gasteiger partial charge in [-0.25, -0.2) is 9.59 Å². The molecule has 8 heterocycles. The number of hydrogen-bond acceptors (Lipinski definition) is 23. The van der Waals surface area contributed by atoms with Gasteiger partial charge >= 0.3 is 12.3 Å². The van der Waals surface area contributed by atoms with Gasteiger partial charge in [0.1, 0.15) is 36.8 Å². The summed E-state index contributed by atoms with van der Waals surface area (Å²) in [6.07, 6.45) is 4.63. The fourth-order valence-electron chi connectivity index (χ4n) is 17.5. The Morgan fingerprint density at radius 3 is 1.43 bits per heavy atom. The van der Waals surface area contributed by atoms with E-state index < -0.39 is 42.5 Å². The summed E-state index contributed by atoms with van der Waals surface area (Å²) in [5.74, 6) is 3.88. The van der Waals surface area contributed by atoms with Crippen LogP contribution in [-0.4, -0.2) is 167 Å². The number of nitrogens with one attached hydrogen (secondary N) is 2. The van der Waals surface area contributed by atoms with Crippen molar-refractivity contribution in [1.29, 1.82) is 10.5 Å². The van der Waals surface area contributed by atoms with Crippen molar-refractivity contribution >= 4 is 24.1 Å². The number of fused-ring (bicyclic) bond motifs is 18. The van der Waals surface area contributed by atoms with E-state index in [9.17, 15) is 34.8 Å². The Bertz CT molecular complexity index is 4460. The minimum atomic E-state index is -0.899. The number of hydrogen-bond donors (Lipinski definition) is 3. The van der Waals surface area contributed by atoms with Gasteiger partial charge in [0, 0.05) is 102 Å². The van der Waals surface area contributed by atoms with Gasteiger partial charge in [0.05, 0.1) is 50.5 Å². The van der Waals surface area contributed by atoms with E-state index in [-0.39, 0.29) is 113 Å². The maximum absolute atomic E-state index is 13.5. The molecule has 6 aromatic carbocycles. The first-order chi connectivity index (χ1) is 50.9. The molecule has 0 spiro atoms. The number of nitriles is 2. The third kappa shape index (κ3) is 13.4. The molecule has 550 valence electrons. The highest BCUT2D eigenvalue weighted by molar-refractivity contribution is 5.78. The summed E-state index contributed by atoms with van der Waals surface area (Å²) in [4.78, 5) is 61.9. The van der Waals surface area contributed by atoms with Crippen LogP contribution < -0.4 is 53.3 Å². The maximum atomic E-state index is 13.5. The number of carbonyl (C=O) groups excluding carboxylic acids is 4. The van der Waals surface area contributed by atoms with Gasteiger partial charge in [0.15, 0.2) is 52.8 Å². The number of rotatable bonds is 21. The molecule has 6 aromatic rings. The molecule has 8 aliphatic heterocycles. The fraction of sp³-hybridized carbons (Fsp3) is 0.425. The number of methoxy groups -OCH3 is 3. The summed E-state index contributed by atoms with van der Waals surface area (Å²) in [5.41, 5.74) is 11.5. The van der Waals surface area contributed by atoms with Crippen molar-refractivity contribution in [3.63, 3.8) is 0 Å². The van der Waals surface area contributed by atoms with Crippen LogP contribution in [0.2, 0.25) is 0 Å². The molecule has 105 heavy (non-hydrogen) atoms. The number of aromatic hydroxyl groups is 1. The number of piperazine rings is 2. The molecule has 0 saturated carbocycles. The number of nitrogens with zero attached hydrogens (tertiary/aromatic N) is 6. The molecule has 2 unspecified atom stereocenters. The zero-order valence-electron chi connectivity index (χ0n) is 60.5. The van der Waals surface area contributed by atoms with Gasteiger partial charge in [0.2, 0.25) is 25.4 Å². The third-order valence-corrected chi connectivity index (χ3v) is 21.8. The molecule has 10 atom stereocenters. The number of carbonyl (C=O) groups is 4. The molecule has 0 aromatic heterocycles. The van der Waals surface area contributed by atoms with Crippen molar-refractivity contribution in [2.24, 2.45) is 0 Å². The summed E-state index contributed by atoms with van der Waals surface area (Å²) in [6.45, 7) is 14.9. The molecule has 2 saturated heterocycles. The highest BCUT2D eigenvalue weighted by Gasteiger charge is 2.59. The average Bonchev–Trinajstić information content (AvgIpc) is 1.39. The van der Waals surface area contributed by atoms with Gasteiger partial charge in [-0.1, -0.05) is 98.1 Å². The molecule has 3 N–H and O–H groups in total. The van der Waals surface area contributed by atoms with Crippen LogP contribution in [0.15, 0.2) is 98.1 Å². The van der Waals surface area contributed by atoms with Crippen LogP contribution in [0.25, 0.3) is 0 Å². The Labute approximate surface area is 610 Å². The normalized spacial score (nSPS) is 22.5. The minimum absolute atomic E-state index is 0.00919. The van der Waals surface area contributed by atoms with Crippen molar-refractivity contribution < 1.29 is 81.1 Å². The number of aryl methyl sites for hydroxylation is 4. The molecular weight excluding hydrogens is 1340 g/mol. The predicted octanol–water partition coefficient (Wildman–Crippen LogP) is 10.2. The first-order valence-corrected chi connectivity index (χ1v) is 35.3. The zero-order valence-corrected chi connectivity index (χ0v) is 60.5. The van der Waals surface area contributed by atoms with E-state index in [0.717, 1.165) is 44.5 Å². The van der Waals surface area contributed by atoms with Crippen molar-refractivity contribution in [2.45, 2.75) is 139 Å². The molecule has 25 heteroatoms. The van der Waals surface area contributed by atoms with Crippen LogP contribution in [-0.2, 0) is 62.3 Å². The van der Waals surface area contributed by atoms with Gasteiger partial charge in [-0.2, -0.15) is 10.5 Å². The smallest absolute Gasteiger partial charge is 0.504 e. The zero-order chi connectivity index (χ0) is 74.1. The third-order valence-electron chi connectivity index (χ3n) is 21.8. The van der Waals surface area contributed by atoms with Gasteiger partial charge < -0.3 is 72.6 Å². The first kappa shape index (κ1) is 72.8. The van der Waals surface area contributed by atoms with Crippen LogP contribution in [0.3, 0.4) is 0 Å². The summed E-state index contributed by atoms with van der Waals surface area (Å²) in [7, 11) is 8.75. The first-order valence-electron chi connectivity index (χ1n) is 35.3. The van der Waals surface area contributed by atoms with Crippen molar-refractivity contribution in [3.8, 4) is 69.6 Å². The molecular formula is C80H88N8O17. The largest absolute Gasteiger partial charge is 0.514 e. The van der Waals surface area contributed by atoms with Gasteiger partial charge in [-0.05, 0) is 114 Å². The Kier molecular flexibility index (Phi) is 21.5. The second-order valence-corrected chi connectivity index (χ2v) is 27.5. The average molecular weight is 1430 g/mol. The van der Waals surface area contributed by atoms with E-state index in [4.69, 9.17) is 56.8 Å². The lowest BCUT2D eigenvalue weighted by Gasteiger charge is -2.60. The number of phenolic OH excluding ortho intramolecular Hbond substituents is 1. The second kappa shape index (κ2) is 31.0. The van der Waals surface area contributed by atoms with Crippen LogP contribution >= 0.6 is 0 Å². The topological polar surface area (TPSA) is 284 Å². The fourth-order valence-corrected chi connectivity index (χ4v) is 17.5. The lowest BCUT2D eigenvalue weighted by atomic mass is 9.71. The maximum Gasteiger partial charge on any atom is 0.514 e. The molecule has 25 nitrogen and oxygen atoms in total. The summed E-state index contributed by atoms with van der Waals surface area (Å²) >= 11 is 0. The minimum Gasteiger partial charge on any atom is -0.504 e. The molecule has 0 aliphatic carbocycles. The van der Waals surface area contributed by atoms with E-state index in [2.05, 4.69) is 61.6 Å². The van der Waals surface area contributed by atoms with Crippen molar-refractivity contribution in [1.82, 2.24) is 30.2 Å². The van der Waals surface area contributed by atoms with Gasteiger partial charge in [0.25, 0.3) is 0 Å². The van der Waals surface area contributed by atoms with E-state index in [1.54, 1.807) is 21.1 Å². The van der Waals surface area contributed by atoms with E-state index in [1.165, 1.54) is 19.3 Å². The lowest BCUT2D eigenvalue weighted by Crippen LogP contribution is -2.68. The molecule has 2 amide bonds. The summed E-state index contributed by atoms with van der Waals surface area (Å²) < 4.78 is 70.0. The molecule has 0 radical (unpaired) electrons. The van der Waals surface area contributed by atoms with Crippen LogP contribution in [0.5, 0.6) is 57.5 Å². The number of benzene rings is 6. The number of ether oxygens (including phenoxy) is 12. The van der Waals surface area contributed by atoms with Crippen LogP contribution in [0.1, 0.15) is 115 Å². The highest BCUT2D eigenvalue weighted by Crippen LogP contribution is 2.61. The lowest BCUT2D eigenvalue weighted by molar-refractivity contribution is -0.123. The van der Waals surface area contributed by atoms with Crippen LogP contribution in [0.4, 0.5) is 9.59 Å². The molecule has 14 rings (SSSR count). The van der Waals surface area contributed by atoms with Gasteiger partial charge in [-0.3, -0.25) is 29.2 Å². The Morgan fingerprint density at radius 1 is 0.571 bits per heavy atom. The Morgan fingerprint density at radius 2 is 1.00 bits per heavy atom. The van der Waals surface area contributed by atoms with Crippen LogP contribution in [0, 0.1) is 50.4 Å². The number of likely N-dealkylation sites (N-methyl/N-ethyl adjacent to an activating group) is 2. The van der Waals surface area contributed by atoms with E-state index >= 15 is 0 Å². The van der Waals surface area contributed by atoms with Gasteiger partial charge in [-0.15, -0.1) is 0 Å². The SMILES string of the molecule is C=CCOC(=O)Oc1c(C)c2c(c3c1CC1[C@H]4c5c(cc(C)c(OC)c5O)C[C@@H]([C@H](C#N)N1[C@H]3CNC(=O)CCc1ccccc1)N4C)OCO2.C=CCOC(=O)Oc1c(C)c2c(c3c1CC1[C@H]4c5c(cc(C)c(OC)c5OCOC)C[C@@H]([C@H](C#N)N1[C@H]3CNC(=O)CCc1ccccc1)N4C)OCO2. The monoisotopic (exact) mass is 1430 g/mol. The summed E-state index contributed by atoms with van der Waals surface area (Å²) in [6, 6.07) is 24.9. The van der Waals surface area contributed by atoms with E-state index in [0.29, 0.717) is 118 Å². The summed E-state index contributed by atoms with van der Waals surface area (Å²) in [5, 5.41) is 40.1. The molecule has 4 bridgehead atoms. The standard InChI is InChI=1S/C41H46N4O9.C39H42N4O8/c1-7-15-50-41(47)54-37-24(3)38-40(53-22-52-38)34-27(37)18-29-35-33-26(16-23(2)36(49-6)39(33)51-21-48-5)17-28(44(35)4)30(19-42)45(29)31(34)20-43-32(46)14-13-25-11-9-8-10-12-25;1-6-14-48-39(46)51-36-22(3)37-38(50-20-49-37)32-25(36)17-27-33-31-24(15-21(2)35(47-5)34(31)45)16-26(42(33)4)28(18-40)43(27)29(32)19-41-30(44)13-12-23-10-8-7-9-11-23/h7-12,16,28-31,35H,1,13-15,17-18,20-22H2,2-6H3,(H,43,46);6-11,15,26-29,33,45H,1,12-14,16-17,19-20H2,2-5H3,(H,41,44)/t28-,29?,30-,31-,35-;26-,27?,28-,29-,33-/m00/s1. The van der Waals surface area contributed by atoms with E-state index in [1.807, 2.05) is 102 Å².